The van der Waals surface area contributed by atoms with E-state index in [0.29, 0.717) is 11.8 Å². The molecule has 0 spiro atoms. The molecule has 1 saturated carbocycles. The molecule has 0 radical (unpaired) electrons. The highest BCUT2D eigenvalue weighted by molar-refractivity contribution is 5.54. The molecule has 0 amide bonds. The number of piperidine rings is 1. The van der Waals surface area contributed by atoms with E-state index in [4.69, 9.17) is 4.74 Å². The monoisotopic (exact) mass is 335 g/mol. The molecular formula is C22H25NO2. The summed E-state index contributed by atoms with van der Waals surface area (Å²) in [5.74, 6) is 1.06. The summed E-state index contributed by atoms with van der Waals surface area (Å²) >= 11 is 0. The van der Waals surface area contributed by atoms with Crippen molar-refractivity contribution >= 4 is 0 Å². The smallest absolute Gasteiger partial charge is 0.165 e. The Morgan fingerprint density at radius 1 is 1.08 bits per heavy atom. The second-order valence-electron chi connectivity index (χ2n) is 7.83. The van der Waals surface area contributed by atoms with Gasteiger partial charge in [-0.15, -0.1) is 0 Å². The van der Waals surface area contributed by atoms with Gasteiger partial charge in [0.1, 0.15) is 6.10 Å². The lowest BCUT2D eigenvalue weighted by atomic mass is 9.62. The van der Waals surface area contributed by atoms with E-state index in [-0.39, 0.29) is 11.5 Å². The molecule has 1 saturated heterocycles. The van der Waals surface area contributed by atoms with Gasteiger partial charge in [-0.25, -0.2) is 0 Å². The van der Waals surface area contributed by atoms with Crippen molar-refractivity contribution in [2.24, 2.45) is 0 Å². The third kappa shape index (κ3) is 2.29. The highest BCUT2D eigenvalue weighted by Crippen LogP contribution is 2.57. The van der Waals surface area contributed by atoms with E-state index in [1.54, 1.807) is 6.07 Å². The third-order valence-corrected chi connectivity index (χ3v) is 6.64. The molecule has 3 heteroatoms. The van der Waals surface area contributed by atoms with Gasteiger partial charge in [-0.1, -0.05) is 48.9 Å². The molecule has 5 rings (SSSR count). The zero-order chi connectivity index (χ0) is 16.9. The standard InChI is InChI=1S/C22H25NO2/c24-19-10-4-8-17-20(19)25-21-18-9-5-12-22(17,21)13-15-23(18)14-11-16-6-2-1-3-7-16/h1-4,6-8,10,18,21,24H,5,9,11-15H2/t18-,21+,22-/m1/s1. The number of ether oxygens (including phenoxy) is 1. The number of nitrogens with zero attached hydrogens (tertiary/aromatic N) is 1. The summed E-state index contributed by atoms with van der Waals surface area (Å²) in [7, 11) is 0. The van der Waals surface area contributed by atoms with Crippen molar-refractivity contribution in [2.45, 2.75) is 49.7 Å². The lowest BCUT2D eigenvalue weighted by Crippen LogP contribution is -2.62. The number of hydrogen-bond acceptors (Lipinski definition) is 3. The van der Waals surface area contributed by atoms with Gasteiger partial charge in [0.2, 0.25) is 0 Å². The SMILES string of the molecule is Oc1cccc2c1O[C@H]1[C@H]3CCC[C@@]21CCN3CCc1ccccc1. The molecule has 0 aromatic heterocycles. The van der Waals surface area contributed by atoms with Gasteiger partial charge in [0.15, 0.2) is 11.5 Å². The molecule has 1 N–H and O–H groups in total. The van der Waals surface area contributed by atoms with E-state index in [9.17, 15) is 5.11 Å². The number of aromatic hydroxyl groups is 1. The molecule has 25 heavy (non-hydrogen) atoms. The van der Waals surface area contributed by atoms with Crippen LogP contribution < -0.4 is 4.74 Å². The molecule has 3 nitrogen and oxygen atoms in total. The molecule has 2 aromatic rings. The van der Waals surface area contributed by atoms with E-state index < -0.39 is 0 Å². The average molecular weight is 335 g/mol. The second kappa shape index (κ2) is 5.77. The molecule has 1 aliphatic carbocycles. The van der Waals surface area contributed by atoms with Crippen LogP contribution in [0.4, 0.5) is 0 Å². The second-order valence-corrected chi connectivity index (χ2v) is 7.83. The fourth-order valence-corrected chi connectivity index (χ4v) is 5.42. The average Bonchev–Trinajstić information content (AvgIpc) is 3.00. The Morgan fingerprint density at radius 2 is 1.96 bits per heavy atom. The summed E-state index contributed by atoms with van der Waals surface area (Å²) in [6.07, 6.45) is 6.08. The van der Waals surface area contributed by atoms with Gasteiger partial charge in [-0.05, 0) is 43.9 Å². The molecule has 3 atom stereocenters. The van der Waals surface area contributed by atoms with Gasteiger partial charge < -0.3 is 9.84 Å². The van der Waals surface area contributed by atoms with Crippen molar-refractivity contribution in [3.8, 4) is 11.5 Å². The Kier molecular flexibility index (Phi) is 3.53. The summed E-state index contributed by atoms with van der Waals surface area (Å²) in [6, 6.07) is 17.1. The zero-order valence-electron chi connectivity index (χ0n) is 14.5. The van der Waals surface area contributed by atoms with E-state index in [0.717, 1.165) is 31.7 Å². The molecule has 3 aliphatic rings. The summed E-state index contributed by atoms with van der Waals surface area (Å²) in [5.41, 5.74) is 2.79. The van der Waals surface area contributed by atoms with Crippen molar-refractivity contribution in [1.82, 2.24) is 4.90 Å². The van der Waals surface area contributed by atoms with Gasteiger partial charge in [-0.3, -0.25) is 4.90 Å². The zero-order valence-corrected chi connectivity index (χ0v) is 14.5. The Balaban J connectivity index is 1.40. The van der Waals surface area contributed by atoms with E-state index in [1.807, 2.05) is 6.07 Å². The first-order valence-electron chi connectivity index (χ1n) is 9.55. The normalized spacial score (nSPS) is 30.4. The molecular weight excluding hydrogens is 310 g/mol. The Labute approximate surface area is 149 Å². The van der Waals surface area contributed by atoms with Gasteiger partial charge in [-0.2, -0.15) is 0 Å². The molecule has 130 valence electrons. The largest absolute Gasteiger partial charge is 0.504 e. The Hall–Kier alpha value is -2.00. The molecule has 2 bridgehead atoms. The minimum atomic E-state index is 0.125. The van der Waals surface area contributed by atoms with Gasteiger partial charge in [0, 0.05) is 23.6 Å². The van der Waals surface area contributed by atoms with Crippen LogP contribution in [0.1, 0.15) is 36.8 Å². The fourth-order valence-electron chi connectivity index (χ4n) is 5.42. The molecule has 2 aromatic carbocycles. The minimum Gasteiger partial charge on any atom is -0.504 e. The number of phenols is 1. The van der Waals surface area contributed by atoms with Crippen LogP contribution in [0.15, 0.2) is 48.5 Å². The lowest BCUT2D eigenvalue weighted by Gasteiger charge is -2.52. The number of benzene rings is 2. The topological polar surface area (TPSA) is 32.7 Å². The van der Waals surface area contributed by atoms with Crippen LogP contribution in [0.5, 0.6) is 11.5 Å². The summed E-state index contributed by atoms with van der Waals surface area (Å²) in [6.45, 7) is 2.22. The number of fused-ring (bicyclic) bond motifs is 1. The van der Waals surface area contributed by atoms with Crippen LogP contribution in [0.25, 0.3) is 0 Å². The lowest BCUT2D eigenvalue weighted by molar-refractivity contribution is -0.0416. The maximum atomic E-state index is 10.3. The Morgan fingerprint density at radius 3 is 2.84 bits per heavy atom. The maximum Gasteiger partial charge on any atom is 0.165 e. The van der Waals surface area contributed by atoms with Crippen LogP contribution in [-0.2, 0) is 11.8 Å². The van der Waals surface area contributed by atoms with Crippen LogP contribution in [0.3, 0.4) is 0 Å². The predicted octanol–water partition coefficient (Wildman–Crippen LogP) is 3.89. The quantitative estimate of drug-likeness (QED) is 0.923. The number of likely N-dealkylation sites (tertiary alicyclic amines) is 1. The summed E-state index contributed by atoms with van der Waals surface area (Å²) < 4.78 is 6.39. The fraction of sp³-hybridized carbons (Fsp3) is 0.455. The predicted molar refractivity (Wildman–Crippen MR) is 98.2 cm³/mol. The van der Waals surface area contributed by atoms with Crippen molar-refractivity contribution in [3.05, 3.63) is 59.7 Å². The van der Waals surface area contributed by atoms with Crippen LogP contribution in [0.2, 0.25) is 0 Å². The van der Waals surface area contributed by atoms with Gasteiger partial charge in [0.05, 0.1) is 0 Å². The molecule has 2 aliphatic heterocycles. The minimum absolute atomic E-state index is 0.125. The van der Waals surface area contributed by atoms with E-state index >= 15 is 0 Å². The van der Waals surface area contributed by atoms with Crippen LogP contribution >= 0.6 is 0 Å². The number of hydrogen-bond donors (Lipinski definition) is 1. The molecule has 2 fully saturated rings. The van der Waals surface area contributed by atoms with Crippen molar-refractivity contribution in [1.29, 1.82) is 0 Å². The van der Waals surface area contributed by atoms with E-state index in [2.05, 4.69) is 41.3 Å². The van der Waals surface area contributed by atoms with Crippen molar-refractivity contribution in [2.75, 3.05) is 13.1 Å². The third-order valence-electron chi connectivity index (χ3n) is 6.64. The van der Waals surface area contributed by atoms with Gasteiger partial charge >= 0.3 is 0 Å². The van der Waals surface area contributed by atoms with Crippen molar-refractivity contribution < 1.29 is 9.84 Å². The number of para-hydroxylation sites is 1. The summed E-state index contributed by atoms with van der Waals surface area (Å²) in [4.78, 5) is 2.64. The molecule has 2 heterocycles. The highest BCUT2D eigenvalue weighted by atomic mass is 16.5. The van der Waals surface area contributed by atoms with E-state index in [1.165, 1.54) is 30.4 Å². The maximum absolute atomic E-state index is 10.3. The molecule has 0 unspecified atom stereocenters. The highest BCUT2D eigenvalue weighted by Gasteiger charge is 2.58. The van der Waals surface area contributed by atoms with Crippen molar-refractivity contribution in [3.63, 3.8) is 0 Å². The Bertz CT molecular complexity index is 775. The van der Waals surface area contributed by atoms with Gasteiger partial charge in [0.25, 0.3) is 0 Å². The first-order valence-corrected chi connectivity index (χ1v) is 9.55. The first-order chi connectivity index (χ1) is 12.3. The summed E-state index contributed by atoms with van der Waals surface area (Å²) in [5, 5.41) is 10.3. The van der Waals surface area contributed by atoms with Crippen LogP contribution in [-0.4, -0.2) is 35.2 Å². The van der Waals surface area contributed by atoms with Crippen LogP contribution in [0, 0.1) is 0 Å². The number of phenolic OH excluding ortho intramolecular Hbond substituents is 1. The number of rotatable bonds is 3. The first kappa shape index (κ1) is 15.3.